The lowest BCUT2D eigenvalue weighted by atomic mass is 9.83. The highest BCUT2D eigenvalue weighted by Gasteiger charge is 2.38. The summed E-state index contributed by atoms with van der Waals surface area (Å²) in [4.78, 5) is 38.1. The zero-order chi connectivity index (χ0) is 38.8. The van der Waals surface area contributed by atoms with E-state index >= 15 is 4.39 Å². The minimum Gasteiger partial charge on any atom is -0.453 e. The van der Waals surface area contributed by atoms with Crippen LogP contribution in [0.25, 0.3) is 0 Å². The third-order valence-electron chi connectivity index (χ3n) is 7.89. The summed E-state index contributed by atoms with van der Waals surface area (Å²) in [5.74, 6) is -4.55. The van der Waals surface area contributed by atoms with E-state index in [-0.39, 0.29) is 55.0 Å². The van der Waals surface area contributed by atoms with Crippen LogP contribution >= 0.6 is 0 Å². The maximum Gasteiger partial charge on any atom is 0.573 e. The average molecular weight is 763 g/mol. The Morgan fingerprint density at radius 3 is 2.30 bits per heavy atom. The summed E-state index contributed by atoms with van der Waals surface area (Å²) in [6.07, 6.45) is -12.5. The van der Waals surface area contributed by atoms with Gasteiger partial charge in [0, 0.05) is 29.3 Å². The van der Waals surface area contributed by atoms with Gasteiger partial charge in [-0.05, 0) is 48.7 Å². The molecule has 0 unspecified atom stereocenters. The van der Waals surface area contributed by atoms with Crippen LogP contribution in [0.3, 0.4) is 0 Å². The van der Waals surface area contributed by atoms with Gasteiger partial charge in [0.05, 0.1) is 25.9 Å². The van der Waals surface area contributed by atoms with E-state index in [0.29, 0.717) is 0 Å². The molecule has 0 saturated carbocycles. The molecule has 0 aliphatic carbocycles. The Morgan fingerprint density at radius 2 is 1.66 bits per heavy atom. The number of rotatable bonds is 13. The molecule has 1 aliphatic heterocycles. The summed E-state index contributed by atoms with van der Waals surface area (Å²) in [6.45, 7) is -1.64. The van der Waals surface area contributed by atoms with Crippen molar-refractivity contribution in [1.29, 1.82) is 0 Å². The van der Waals surface area contributed by atoms with Crippen LogP contribution in [-0.4, -0.2) is 82.2 Å². The number of carbonyl (C=O) groups excluding carboxylic acids is 3. The lowest BCUT2D eigenvalue weighted by Crippen LogP contribution is -2.49. The van der Waals surface area contributed by atoms with Crippen molar-refractivity contribution in [1.82, 2.24) is 16.0 Å². The SMILES string of the molecule is COC(=O)N[C@H](C(=O)Nc1cccc(F)c1CC[C@@H]1CN[C@H](COC(=O)NCC(F)(F)F)CO1)[C@@H](c1ccc(F)cc1)c1ccccc1OC(F)(F)F. The molecule has 288 valence electrons. The number of hydrogen-bond donors (Lipinski definition) is 4. The van der Waals surface area contributed by atoms with E-state index in [0.717, 1.165) is 31.4 Å². The smallest absolute Gasteiger partial charge is 0.453 e. The minimum atomic E-state index is -5.14. The fourth-order valence-corrected chi connectivity index (χ4v) is 5.47. The van der Waals surface area contributed by atoms with Crippen LogP contribution in [-0.2, 0) is 25.4 Å². The molecule has 3 aromatic carbocycles. The molecule has 4 atom stereocenters. The highest BCUT2D eigenvalue weighted by atomic mass is 19.4. The van der Waals surface area contributed by atoms with Crippen LogP contribution in [0.2, 0.25) is 0 Å². The topological polar surface area (TPSA) is 136 Å². The van der Waals surface area contributed by atoms with Gasteiger partial charge in [0.2, 0.25) is 5.91 Å². The third-order valence-corrected chi connectivity index (χ3v) is 7.89. The van der Waals surface area contributed by atoms with Gasteiger partial charge >= 0.3 is 24.7 Å². The predicted octanol–water partition coefficient (Wildman–Crippen LogP) is 5.94. The van der Waals surface area contributed by atoms with E-state index < -0.39 is 78.7 Å². The highest BCUT2D eigenvalue weighted by molar-refractivity contribution is 5.98. The van der Waals surface area contributed by atoms with E-state index in [1.807, 2.05) is 0 Å². The first-order chi connectivity index (χ1) is 25.0. The summed E-state index contributed by atoms with van der Waals surface area (Å²) in [6, 6.07) is 10.9. The molecule has 19 heteroatoms. The molecule has 0 spiro atoms. The molecule has 53 heavy (non-hydrogen) atoms. The summed E-state index contributed by atoms with van der Waals surface area (Å²) in [5.41, 5.74) is -0.121. The van der Waals surface area contributed by atoms with Crippen LogP contribution in [0.5, 0.6) is 5.75 Å². The Bertz CT molecular complexity index is 1700. The van der Waals surface area contributed by atoms with Crippen LogP contribution in [0.1, 0.15) is 29.0 Å². The highest BCUT2D eigenvalue weighted by Crippen LogP contribution is 2.38. The molecular weight excluding hydrogens is 728 g/mol. The number of methoxy groups -OCH3 is 1. The summed E-state index contributed by atoms with van der Waals surface area (Å²) in [5, 5.41) is 9.49. The van der Waals surface area contributed by atoms with Crippen LogP contribution < -0.4 is 26.0 Å². The first-order valence-electron chi connectivity index (χ1n) is 15.9. The van der Waals surface area contributed by atoms with E-state index in [2.05, 4.69) is 25.4 Å². The monoisotopic (exact) mass is 762 g/mol. The summed E-state index contributed by atoms with van der Waals surface area (Å²) >= 11 is 0. The fraction of sp³-hybridized carbons (Fsp3) is 0.382. The molecule has 3 amide bonds. The molecule has 1 saturated heterocycles. The first kappa shape index (κ1) is 40.6. The Kier molecular flexibility index (Phi) is 13.8. The Morgan fingerprint density at radius 1 is 0.943 bits per heavy atom. The third kappa shape index (κ3) is 12.5. The average Bonchev–Trinajstić information content (AvgIpc) is 3.10. The van der Waals surface area contributed by atoms with Gasteiger partial charge in [-0.2, -0.15) is 13.2 Å². The van der Waals surface area contributed by atoms with Crippen molar-refractivity contribution in [2.24, 2.45) is 0 Å². The van der Waals surface area contributed by atoms with Gasteiger partial charge in [0.15, 0.2) is 0 Å². The van der Waals surface area contributed by atoms with E-state index in [1.165, 1.54) is 42.5 Å². The van der Waals surface area contributed by atoms with Crippen molar-refractivity contribution in [2.45, 2.75) is 49.5 Å². The molecule has 0 bridgehead atoms. The van der Waals surface area contributed by atoms with E-state index in [4.69, 9.17) is 9.47 Å². The van der Waals surface area contributed by atoms with E-state index in [9.17, 15) is 45.1 Å². The van der Waals surface area contributed by atoms with Gasteiger partial charge in [0.25, 0.3) is 0 Å². The lowest BCUT2D eigenvalue weighted by Gasteiger charge is -2.30. The van der Waals surface area contributed by atoms with Crippen molar-refractivity contribution >= 4 is 23.8 Å². The van der Waals surface area contributed by atoms with Gasteiger partial charge < -0.3 is 40.2 Å². The molecule has 1 heterocycles. The zero-order valence-electron chi connectivity index (χ0n) is 27.8. The molecule has 0 aromatic heterocycles. The number of anilines is 1. The molecule has 1 fully saturated rings. The second kappa shape index (κ2) is 18.0. The van der Waals surface area contributed by atoms with Gasteiger partial charge in [0.1, 0.15) is 36.6 Å². The minimum absolute atomic E-state index is 0.00324. The number of nitrogens with one attached hydrogen (secondary N) is 4. The molecule has 4 rings (SSSR count). The van der Waals surface area contributed by atoms with Crippen molar-refractivity contribution in [2.75, 3.05) is 38.7 Å². The second-order valence-corrected chi connectivity index (χ2v) is 11.7. The number of ether oxygens (including phenoxy) is 4. The molecule has 4 N–H and O–H groups in total. The van der Waals surface area contributed by atoms with Gasteiger partial charge in [-0.15, -0.1) is 13.2 Å². The number of amides is 3. The Balaban J connectivity index is 1.52. The van der Waals surface area contributed by atoms with E-state index in [1.54, 1.807) is 5.32 Å². The number of benzene rings is 3. The molecular formula is C34H34F8N4O7. The first-order valence-corrected chi connectivity index (χ1v) is 15.9. The standard InChI is InChI=1S/C34H34F8N4O7/c1-50-32(49)46-29(28(19-9-11-20(35)12-10-19)24-5-2-3-8-27(24)53-34(40,41)42)30(47)45-26-7-4-6-25(36)23(26)14-13-22-15-43-21(16-51-22)17-52-31(48)44-18-33(37,38)39/h2-12,21-22,28-29,43H,13-18H2,1H3,(H,44,48)(H,45,47)(H,46,49)/t21-,22+,28-,29-/m0/s1. The maximum atomic E-state index is 15.3. The maximum absolute atomic E-state index is 15.3. The normalized spacial score (nSPS) is 17.2. The van der Waals surface area contributed by atoms with Crippen LogP contribution in [0, 0.1) is 11.6 Å². The number of alkyl halides is 6. The Labute approximate surface area is 297 Å². The Hall–Kier alpha value is -5.17. The zero-order valence-corrected chi connectivity index (χ0v) is 27.8. The van der Waals surface area contributed by atoms with Gasteiger partial charge in [-0.3, -0.25) is 4.79 Å². The second-order valence-electron chi connectivity index (χ2n) is 11.7. The summed E-state index contributed by atoms with van der Waals surface area (Å²) < 4.78 is 126. The number of para-hydroxylation sites is 1. The molecule has 3 aromatic rings. The fourth-order valence-electron chi connectivity index (χ4n) is 5.47. The lowest BCUT2D eigenvalue weighted by molar-refractivity contribution is -0.275. The number of hydrogen-bond acceptors (Lipinski definition) is 8. The van der Waals surface area contributed by atoms with Gasteiger partial charge in [-0.1, -0.05) is 36.4 Å². The van der Waals surface area contributed by atoms with Crippen molar-refractivity contribution in [3.8, 4) is 5.75 Å². The van der Waals surface area contributed by atoms with Crippen molar-refractivity contribution in [3.63, 3.8) is 0 Å². The van der Waals surface area contributed by atoms with Gasteiger partial charge in [-0.25, -0.2) is 18.4 Å². The largest absolute Gasteiger partial charge is 0.573 e. The number of alkyl carbamates (subject to hydrolysis) is 2. The van der Waals surface area contributed by atoms with Crippen LogP contribution in [0.4, 0.5) is 50.4 Å². The number of halogens is 8. The quantitative estimate of drug-likeness (QED) is 0.157. The molecule has 1 aliphatic rings. The predicted molar refractivity (Wildman–Crippen MR) is 171 cm³/mol. The summed E-state index contributed by atoms with van der Waals surface area (Å²) in [7, 11) is 0.995. The molecule has 11 nitrogen and oxygen atoms in total. The van der Waals surface area contributed by atoms with Crippen molar-refractivity contribution in [3.05, 3.63) is 95.1 Å². The molecule has 0 radical (unpaired) electrons. The van der Waals surface area contributed by atoms with Crippen molar-refractivity contribution < 1.29 is 68.5 Å². The number of carbonyl (C=O) groups is 3. The number of morpholine rings is 1. The van der Waals surface area contributed by atoms with Crippen LogP contribution in [0.15, 0.2) is 66.7 Å².